The lowest BCUT2D eigenvalue weighted by molar-refractivity contribution is 0.0726. The van der Waals surface area contributed by atoms with Crippen LogP contribution in [-0.4, -0.2) is 74.6 Å². The monoisotopic (exact) mass is 558 g/mol. The molecule has 0 spiro atoms. The van der Waals surface area contributed by atoms with E-state index in [1.54, 1.807) is 0 Å². The van der Waals surface area contributed by atoms with Crippen molar-refractivity contribution in [3.63, 3.8) is 0 Å². The number of benzene rings is 2. The predicted molar refractivity (Wildman–Crippen MR) is 164 cm³/mol. The molecule has 3 aromatic heterocycles. The molecule has 1 saturated heterocycles. The molecule has 5 heterocycles. The lowest BCUT2D eigenvalue weighted by atomic mass is 9.89. The molecule has 0 atom stereocenters. The molecule has 0 aliphatic carbocycles. The molecule has 2 aliphatic rings. The molecule has 0 saturated carbocycles. The SMILES string of the molecule is CNc1nc(-c2cnc3ccccc3c2)nc2c1CCN(C(=O)c1cc(-c3ccc(C4CCN(C)CC4)cc3)n[nH]1)C2. The lowest BCUT2D eigenvalue weighted by Crippen LogP contribution is -2.37. The summed E-state index contributed by atoms with van der Waals surface area (Å²) in [5, 5.41) is 11.7. The van der Waals surface area contributed by atoms with Gasteiger partial charge in [-0.3, -0.25) is 14.9 Å². The number of aromatic amines is 1. The second-order valence-electron chi connectivity index (χ2n) is 11.3. The number of amides is 1. The summed E-state index contributed by atoms with van der Waals surface area (Å²) in [6, 6.07) is 20.6. The highest BCUT2D eigenvalue weighted by Gasteiger charge is 2.27. The Bertz CT molecular complexity index is 1750. The molecule has 2 aliphatic heterocycles. The first-order valence-corrected chi connectivity index (χ1v) is 14.6. The van der Waals surface area contributed by atoms with Gasteiger partial charge >= 0.3 is 0 Å². The summed E-state index contributed by atoms with van der Waals surface area (Å²) < 4.78 is 0. The van der Waals surface area contributed by atoms with Crippen LogP contribution in [0.3, 0.4) is 0 Å². The summed E-state index contributed by atoms with van der Waals surface area (Å²) in [5.74, 6) is 1.92. The number of fused-ring (bicyclic) bond motifs is 2. The molecule has 0 bridgehead atoms. The minimum atomic E-state index is -0.0825. The number of aromatic nitrogens is 5. The van der Waals surface area contributed by atoms with Crippen LogP contribution in [0.2, 0.25) is 0 Å². The van der Waals surface area contributed by atoms with Crippen LogP contribution in [0.25, 0.3) is 33.5 Å². The number of likely N-dealkylation sites (tertiary alicyclic amines) is 1. The number of hydrogen-bond donors (Lipinski definition) is 2. The number of rotatable bonds is 5. The van der Waals surface area contributed by atoms with Crippen molar-refractivity contribution in [2.75, 3.05) is 39.0 Å². The van der Waals surface area contributed by atoms with Crippen LogP contribution in [0.4, 0.5) is 5.82 Å². The van der Waals surface area contributed by atoms with E-state index in [0.717, 1.165) is 57.9 Å². The van der Waals surface area contributed by atoms with Gasteiger partial charge in [0.2, 0.25) is 0 Å². The minimum absolute atomic E-state index is 0.0825. The van der Waals surface area contributed by atoms with E-state index in [9.17, 15) is 4.79 Å². The Morgan fingerprint density at radius 2 is 1.79 bits per heavy atom. The van der Waals surface area contributed by atoms with Crippen LogP contribution in [-0.2, 0) is 13.0 Å². The van der Waals surface area contributed by atoms with Gasteiger partial charge < -0.3 is 15.1 Å². The van der Waals surface area contributed by atoms with Crippen molar-refractivity contribution in [2.45, 2.75) is 31.7 Å². The molecule has 212 valence electrons. The Kier molecular flexibility index (Phi) is 6.87. The van der Waals surface area contributed by atoms with Crippen molar-refractivity contribution < 1.29 is 4.79 Å². The second-order valence-corrected chi connectivity index (χ2v) is 11.3. The fourth-order valence-electron chi connectivity index (χ4n) is 6.15. The number of piperidine rings is 1. The summed E-state index contributed by atoms with van der Waals surface area (Å²) in [5.41, 5.74) is 7.31. The number of nitrogens with one attached hydrogen (secondary N) is 2. The van der Waals surface area contributed by atoms with Crippen LogP contribution in [0.5, 0.6) is 0 Å². The van der Waals surface area contributed by atoms with Gasteiger partial charge in [0.25, 0.3) is 5.91 Å². The van der Waals surface area contributed by atoms with Crippen LogP contribution in [0, 0.1) is 0 Å². The topological polar surface area (TPSA) is 103 Å². The van der Waals surface area contributed by atoms with Gasteiger partial charge in [0.1, 0.15) is 11.5 Å². The maximum atomic E-state index is 13.6. The molecule has 7 rings (SSSR count). The van der Waals surface area contributed by atoms with Gasteiger partial charge in [-0.05, 0) is 69.1 Å². The molecule has 42 heavy (non-hydrogen) atoms. The number of para-hydroxylation sites is 1. The molecular formula is C33H34N8O. The highest BCUT2D eigenvalue weighted by atomic mass is 16.2. The second kappa shape index (κ2) is 11.0. The van der Waals surface area contributed by atoms with Crippen LogP contribution in [0.1, 0.15) is 46.1 Å². The van der Waals surface area contributed by atoms with E-state index in [2.05, 4.69) is 62.8 Å². The molecule has 0 unspecified atom stereocenters. The third-order valence-corrected chi connectivity index (χ3v) is 8.64. The molecule has 5 aromatic rings. The number of carbonyl (C=O) groups excluding carboxylic acids is 1. The van der Waals surface area contributed by atoms with Gasteiger partial charge in [0.05, 0.1) is 23.4 Å². The first-order chi connectivity index (χ1) is 20.6. The molecule has 2 N–H and O–H groups in total. The normalized spacial score (nSPS) is 16.0. The zero-order valence-corrected chi connectivity index (χ0v) is 24.0. The molecular weight excluding hydrogens is 524 g/mol. The fraction of sp³-hybridized carbons (Fsp3) is 0.303. The third kappa shape index (κ3) is 5.00. The Balaban J connectivity index is 1.10. The van der Waals surface area contributed by atoms with Crippen molar-refractivity contribution in [1.29, 1.82) is 0 Å². The van der Waals surface area contributed by atoms with Crippen molar-refractivity contribution >= 4 is 22.6 Å². The van der Waals surface area contributed by atoms with Crippen molar-refractivity contribution in [1.82, 2.24) is 34.9 Å². The Labute approximate surface area is 245 Å². The third-order valence-electron chi connectivity index (χ3n) is 8.64. The van der Waals surface area contributed by atoms with Crippen LogP contribution >= 0.6 is 0 Å². The van der Waals surface area contributed by atoms with Gasteiger partial charge in [-0.15, -0.1) is 0 Å². The zero-order chi connectivity index (χ0) is 28.6. The van der Waals surface area contributed by atoms with E-state index in [1.165, 1.54) is 18.4 Å². The summed E-state index contributed by atoms with van der Waals surface area (Å²) >= 11 is 0. The number of carbonyl (C=O) groups is 1. The van der Waals surface area contributed by atoms with Crippen molar-refractivity contribution in [2.24, 2.45) is 0 Å². The maximum absolute atomic E-state index is 13.6. The Morgan fingerprint density at radius 3 is 2.60 bits per heavy atom. The van der Waals surface area contributed by atoms with E-state index in [1.807, 2.05) is 48.5 Å². The number of H-pyrrole nitrogens is 1. The van der Waals surface area contributed by atoms with E-state index >= 15 is 0 Å². The van der Waals surface area contributed by atoms with Gasteiger partial charge in [-0.25, -0.2) is 9.97 Å². The van der Waals surface area contributed by atoms with E-state index in [4.69, 9.17) is 9.97 Å². The molecule has 9 nitrogen and oxygen atoms in total. The zero-order valence-electron chi connectivity index (χ0n) is 24.0. The summed E-state index contributed by atoms with van der Waals surface area (Å²) in [7, 11) is 4.06. The molecule has 2 aromatic carbocycles. The van der Waals surface area contributed by atoms with Crippen molar-refractivity contribution in [3.05, 3.63) is 89.4 Å². The summed E-state index contributed by atoms with van der Waals surface area (Å²) in [6.45, 7) is 3.27. The highest BCUT2D eigenvalue weighted by molar-refractivity contribution is 5.93. The number of pyridine rings is 1. The molecule has 1 amide bonds. The first kappa shape index (κ1) is 26.3. The lowest BCUT2D eigenvalue weighted by Gasteiger charge is -2.29. The Morgan fingerprint density at radius 1 is 0.976 bits per heavy atom. The maximum Gasteiger partial charge on any atom is 0.272 e. The number of nitrogens with zero attached hydrogens (tertiary/aromatic N) is 6. The van der Waals surface area contributed by atoms with E-state index < -0.39 is 0 Å². The van der Waals surface area contributed by atoms with Crippen LogP contribution < -0.4 is 5.32 Å². The van der Waals surface area contributed by atoms with Crippen LogP contribution in [0.15, 0.2) is 66.9 Å². The molecule has 0 radical (unpaired) electrons. The molecule has 1 fully saturated rings. The average Bonchev–Trinajstić information content (AvgIpc) is 3.54. The fourth-order valence-corrected chi connectivity index (χ4v) is 6.15. The van der Waals surface area contributed by atoms with Gasteiger partial charge in [0, 0.05) is 41.9 Å². The van der Waals surface area contributed by atoms with Gasteiger partial charge in [-0.2, -0.15) is 5.10 Å². The van der Waals surface area contributed by atoms with Crippen molar-refractivity contribution in [3.8, 4) is 22.6 Å². The predicted octanol–water partition coefficient (Wildman–Crippen LogP) is 5.13. The quantitative estimate of drug-likeness (QED) is 0.308. The number of anilines is 1. The van der Waals surface area contributed by atoms with E-state index in [0.29, 0.717) is 36.9 Å². The van der Waals surface area contributed by atoms with Gasteiger partial charge in [-0.1, -0.05) is 42.5 Å². The Hall–Kier alpha value is -4.63. The highest BCUT2D eigenvalue weighted by Crippen LogP contribution is 2.31. The smallest absolute Gasteiger partial charge is 0.272 e. The summed E-state index contributed by atoms with van der Waals surface area (Å²) in [6.07, 6.45) is 4.86. The standard InChI is InChI=1S/C33H34N8O/c1-34-32-26-13-16-41(20-30(26)36-31(37-32)25-17-24-5-3-4-6-27(24)35-19-25)33(42)29-18-28(38-39-29)23-9-7-21(8-10-23)22-11-14-40(2)15-12-22/h3-10,17-19,22H,11-16,20H2,1-2H3,(H,38,39)(H,34,36,37). The van der Waals surface area contributed by atoms with E-state index in [-0.39, 0.29) is 5.91 Å². The average molecular weight is 559 g/mol. The molecule has 9 heteroatoms. The number of hydrogen-bond acceptors (Lipinski definition) is 7. The largest absolute Gasteiger partial charge is 0.373 e. The first-order valence-electron chi connectivity index (χ1n) is 14.6. The minimum Gasteiger partial charge on any atom is -0.373 e. The summed E-state index contributed by atoms with van der Waals surface area (Å²) in [4.78, 5) is 32.1. The van der Waals surface area contributed by atoms with Gasteiger partial charge in [0.15, 0.2) is 5.82 Å².